The van der Waals surface area contributed by atoms with Gasteiger partial charge in [-0.2, -0.15) is 0 Å². The number of H-pyrrole nitrogens is 1. The highest BCUT2D eigenvalue weighted by atomic mass is 19.1. The van der Waals surface area contributed by atoms with Crippen molar-refractivity contribution >= 4 is 5.91 Å². The number of ether oxygens (including phenoxy) is 1. The fourth-order valence-corrected chi connectivity index (χ4v) is 2.26. The predicted molar refractivity (Wildman–Crippen MR) is 84.4 cm³/mol. The quantitative estimate of drug-likeness (QED) is 0.886. The summed E-state index contributed by atoms with van der Waals surface area (Å²) in [5.74, 6) is -1.05. The molecule has 122 valence electrons. The molecule has 0 aliphatic heterocycles. The van der Waals surface area contributed by atoms with E-state index >= 15 is 0 Å². The zero-order chi connectivity index (χ0) is 17.0. The summed E-state index contributed by atoms with van der Waals surface area (Å²) in [6.07, 6.45) is 0. The van der Waals surface area contributed by atoms with Gasteiger partial charge in [0.1, 0.15) is 5.82 Å². The van der Waals surface area contributed by atoms with Crippen LogP contribution in [0.4, 0.5) is 4.39 Å². The zero-order valence-corrected chi connectivity index (χ0v) is 13.3. The molecule has 1 atom stereocenters. The molecule has 2 aromatic rings. The second kappa shape index (κ2) is 6.75. The van der Waals surface area contributed by atoms with Gasteiger partial charge in [0.25, 0.3) is 11.5 Å². The van der Waals surface area contributed by atoms with Gasteiger partial charge in [0.2, 0.25) is 0 Å². The SMILES string of the molecule is CO[C@](C)(C(=O)NCc1ccc(C)[nH]c1=O)c1ccccc1F. The maximum Gasteiger partial charge on any atom is 0.256 e. The Hall–Kier alpha value is -2.47. The summed E-state index contributed by atoms with van der Waals surface area (Å²) in [5, 5.41) is 2.63. The van der Waals surface area contributed by atoms with Crippen molar-refractivity contribution in [2.24, 2.45) is 0 Å². The maximum absolute atomic E-state index is 14.0. The number of hydrogen-bond acceptors (Lipinski definition) is 3. The summed E-state index contributed by atoms with van der Waals surface area (Å²) >= 11 is 0. The Bertz CT molecular complexity index is 772. The van der Waals surface area contributed by atoms with Crippen molar-refractivity contribution in [3.05, 3.63) is 69.4 Å². The van der Waals surface area contributed by atoms with E-state index < -0.39 is 17.3 Å². The van der Waals surface area contributed by atoms with Crippen LogP contribution in [-0.4, -0.2) is 18.0 Å². The van der Waals surface area contributed by atoms with Crippen LogP contribution in [0, 0.1) is 12.7 Å². The number of halogens is 1. The van der Waals surface area contributed by atoms with Crippen LogP contribution in [-0.2, 0) is 21.7 Å². The van der Waals surface area contributed by atoms with Crippen LogP contribution in [0.15, 0.2) is 41.2 Å². The second-order valence-corrected chi connectivity index (χ2v) is 5.40. The van der Waals surface area contributed by atoms with Gasteiger partial charge in [-0.1, -0.05) is 24.3 Å². The molecular formula is C17H19FN2O3. The van der Waals surface area contributed by atoms with E-state index in [9.17, 15) is 14.0 Å². The monoisotopic (exact) mass is 318 g/mol. The highest BCUT2D eigenvalue weighted by Crippen LogP contribution is 2.27. The highest BCUT2D eigenvalue weighted by molar-refractivity contribution is 5.86. The number of rotatable bonds is 5. The predicted octanol–water partition coefficient (Wildman–Crippen LogP) is 2.00. The van der Waals surface area contributed by atoms with Crippen LogP contribution in [0.2, 0.25) is 0 Å². The van der Waals surface area contributed by atoms with E-state index in [0.717, 1.165) is 5.69 Å². The molecular weight excluding hydrogens is 299 g/mol. The Morgan fingerprint density at radius 2 is 2.00 bits per heavy atom. The number of aromatic nitrogens is 1. The third-order valence-corrected chi connectivity index (χ3v) is 3.81. The van der Waals surface area contributed by atoms with Crippen LogP contribution < -0.4 is 10.9 Å². The number of carbonyl (C=O) groups is 1. The average molecular weight is 318 g/mol. The van der Waals surface area contributed by atoms with Crippen molar-refractivity contribution in [1.82, 2.24) is 10.3 Å². The van der Waals surface area contributed by atoms with E-state index in [1.54, 1.807) is 31.2 Å². The zero-order valence-electron chi connectivity index (χ0n) is 13.3. The Morgan fingerprint density at radius 3 is 2.61 bits per heavy atom. The highest BCUT2D eigenvalue weighted by Gasteiger charge is 2.37. The Labute approximate surface area is 133 Å². The summed E-state index contributed by atoms with van der Waals surface area (Å²) in [6, 6.07) is 9.32. The summed E-state index contributed by atoms with van der Waals surface area (Å²) < 4.78 is 19.3. The molecule has 0 aliphatic rings. The van der Waals surface area contributed by atoms with Crippen molar-refractivity contribution in [2.45, 2.75) is 26.0 Å². The number of hydrogen-bond donors (Lipinski definition) is 2. The lowest BCUT2D eigenvalue weighted by atomic mass is 9.94. The maximum atomic E-state index is 14.0. The van der Waals surface area contributed by atoms with Crippen molar-refractivity contribution in [3.63, 3.8) is 0 Å². The van der Waals surface area contributed by atoms with Gasteiger partial charge >= 0.3 is 0 Å². The Balaban J connectivity index is 2.20. The minimum Gasteiger partial charge on any atom is -0.364 e. The minimum absolute atomic E-state index is 0.0296. The molecule has 0 saturated heterocycles. The van der Waals surface area contributed by atoms with E-state index in [1.165, 1.54) is 26.2 Å². The number of pyridine rings is 1. The third kappa shape index (κ3) is 3.48. The van der Waals surface area contributed by atoms with Gasteiger partial charge in [-0.25, -0.2) is 4.39 Å². The van der Waals surface area contributed by atoms with E-state index in [1.807, 2.05) is 0 Å². The summed E-state index contributed by atoms with van der Waals surface area (Å²) in [6.45, 7) is 3.28. The lowest BCUT2D eigenvalue weighted by Gasteiger charge is -2.27. The number of aryl methyl sites for hydroxylation is 1. The van der Waals surface area contributed by atoms with Crippen LogP contribution in [0.25, 0.3) is 0 Å². The fraction of sp³-hybridized carbons (Fsp3) is 0.294. The molecule has 0 spiro atoms. The fourth-order valence-electron chi connectivity index (χ4n) is 2.26. The van der Waals surface area contributed by atoms with Crippen molar-refractivity contribution < 1.29 is 13.9 Å². The summed E-state index contributed by atoms with van der Waals surface area (Å²) in [4.78, 5) is 26.9. The molecule has 6 heteroatoms. The smallest absolute Gasteiger partial charge is 0.256 e. The van der Waals surface area contributed by atoms with Crippen LogP contribution in [0.3, 0.4) is 0 Å². The first kappa shape index (κ1) is 16.9. The lowest BCUT2D eigenvalue weighted by Crippen LogP contribution is -2.44. The van der Waals surface area contributed by atoms with Gasteiger partial charge in [0.05, 0.1) is 0 Å². The molecule has 5 nitrogen and oxygen atoms in total. The molecule has 2 rings (SSSR count). The Morgan fingerprint density at radius 1 is 1.30 bits per heavy atom. The van der Waals surface area contributed by atoms with Gasteiger partial charge in [-0.3, -0.25) is 9.59 Å². The molecule has 0 unspecified atom stereocenters. The van der Waals surface area contributed by atoms with Gasteiger partial charge in [0.15, 0.2) is 5.60 Å². The Kier molecular flexibility index (Phi) is 4.95. The lowest BCUT2D eigenvalue weighted by molar-refractivity contribution is -0.143. The molecule has 0 aliphatic carbocycles. The van der Waals surface area contributed by atoms with E-state index in [0.29, 0.717) is 5.56 Å². The second-order valence-electron chi connectivity index (χ2n) is 5.40. The van der Waals surface area contributed by atoms with Crippen molar-refractivity contribution in [2.75, 3.05) is 7.11 Å². The van der Waals surface area contributed by atoms with E-state index in [4.69, 9.17) is 4.74 Å². The molecule has 0 saturated carbocycles. The van der Waals surface area contributed by atoms with Crippen LogP contribution >= 0.6 is 0 Å². The average Bonchev–Trinajstić information content (AvgIpc) is 2.53. The van der Waals surface area contributed by atoms with Gasteiger partial charge in [-0.15, -0.1) is 0 Å². The molecule has 0 radical (unpaired) electrons. The summed E-state index contributed by atoms with van der Waals surface area (Å²) in [5.41, 5.74) is -0.467. The number of methoxy groups -OCH3 is 1. The molecule has 23 heavy (non-hydrogen) atoms. The molecule has 0 fully saturated rings. The molecule has 1 heterocycles. The standard InChI is InChI=1S/C17H19FN2O3/c1-11-8-9-12(15(21)20-11)10-19-16(22)17(2,23-3)13-6-4-5-7-14(13)18/h4-9H,10H2,1-3H3,(H,19,22)(H,20,21)/t17-/m0/s1. The van der Waals surface area contributed by atoms with Gasteiger partial charge in [-0.05, 0) is 26.0 Å². The van der Waals surface area contributed by atoms with Crippen molar-refractivity contribution in [3.8, 4) is 0 Å². The number of carbonyl (C=O) groups excluding carboxylic acids is 1. The molecule has 2 N–H and O–H groups in total. The van der Waals surface area contributed by atoms with Crippen LogP contribution in [0.5, 0.6) is 0 Å². The topological polar surface area (TPSA) is 71.2 Å². The molecule has 1 amide bonds. The normalized spacial score (nSPS) is 13.4. The first-order valence-corrected chi connectivity index (χ1v) is 7.15. The van der Waals surface area contributed by atoms with E-state index in [-0.39, 0.29) is 17.7 Å². The van der Waals surface area contributed by atoms with Crippen LogP contribution in [0.1, 0.15) is 23.7 Å². The first-order valence-electron chi connectivity index (χ1n) is 7.15. The van der Waals surface area contributed by atoms with Crippen molar-refractivity contribution in [1.29, 1.82) is 0 Å². The number of amides is 1. The molecule has 1 aromatic heterocycles. The summed E-state index contributed by atoms with van der Waals surface area (Å²) in [7, 11) is 1.34. The largest absolute Gasteiger partial charge is 0.364 e. The first-order chi connectivity index (χ1) is 10.9. The molecule has 0 bridgehead atoms. The molecule has 1 aromatic carbocycles. The minimum atomic E-state index is -1.48. The third-order valence-electron chi connectivity index (χ3n) is 3.81. The number of benzene rings is 1. The van der Waals surface area contributed by atoms with Gasteiger partial charge in [0, 0.05) is 30.5 Å². The number of nitrogens with one attached hydrogen (secondary N) is 2. The number of aromatic amines is 1. The van der Waals surface area contributed by atoms with E-state index in [2.05, 4.69) is 10.3 Å². The van der Waals surface area contributed by atoms with Gasteiger partial charge < -0.3 is 15.0 Å².